The minimum atomic E-state index is -1.73. The van der Waals surface area contributed by atoms with Crippen LogP contribution in [0.3, 0.4) is 0 Å². The number of phenolic OH excluding ortho intramolecular Hbond substituents is 2. The third-order valence-electron chi connectivity index (χ3n) is 19.7. The molecule has 0 fully saturated rings. The number of pyridine rings is 1. The number of benzene rings is 4. The van der Waals surface area contributed by atoms with Crippen LogP contribution in [-0.2, 0) is 99.5 Å². The van der Waals surface area contributed by atoms with Crippen LogP contribution in [0, 0.1) is 0 Å². The molecule has 8 aromatic rings. The van der Waals surface area contributed by atoms with Crippen LogP contribution in [0.4, 0.5) is 0 Å². The Morgan fingerprint density at radius 1 is 0.475 bits per heavy atom. The van der Waals surface area contributed by atoms with Crippen molar-refractivity contribution in [2.75, 3.05) is 11.5 Å². The minimum absolute atomic E-state index is 0.00795. The lowest BCUT2D eigenvalue weighted by atomic mass is 9.91. The molecule has 37 heteroatoms. The molecule has 0 aliphatic heterocycles. The lowest BCUT2D eigenvalue weighted by Crippen LogP contribution is -2.61. The van der Waals surface area contributed by atoms with Crippen molar-refractivity contribution >= 4 is 122 Å². The first-order valence-electron chi connectivity index (χ1n) is 39.3. The van der Waals surface area contributed by atoms with Crippen LogP contribution in [0.15, 0.2) is 140 Å². The largest absolute Gasteiger partial charge is 0.508 e. The summed E-state index contributed by atoms with van der Waals surface area (Å²) in [5.74, 6) is -11.2. The van der Waals surface area contributed by atoms with Gasteiger partial charge in [0.05, 0.1) is 25.0 Å². The zero-order chi connectivity index (χ0) is 87.1. The van der Waals surface area contributed by atoms with E-state index >= 15 is 0 Å². The molecular formula is C83H105N17O18S2. The van der Waals surface area contributed by atoms with Gasteiger partial charge in [-0.3, -0.25) is 62.3 Å². The number of aromatic amines is 3. The Morgan fingerprint density at radius 2 is 0.992 bits per heavy atom. The average molecular weight is 1690 g/mol. The Morgan fingerprint density at radius 3 is 1.55 bits per heavy atom. The number of hydrogen-bond acceptors (Lipinski definition) is 21. The van der Waals surface area contributed by atoms with Gasteiger partial charge in [-0.25, -0.2) is 9.97 Å². The van der Waals surface area contributed by atoms with Crippen molar-refractivity contribution in [3.8, 4) is 11.5 Å². The summed E-state index contributed by atoms with van der Waals surface area (Å²) in [5, 5.41) is 78.9. The Balaban J connectivity index is 0.870. The number of carboxylic acid groups (broad SMARTS) is 1. The molecule has 4 aromatic heterocycles. The van der Waals surface area contributed by atoms with Crippen LogP contribution >= 0.6 is 23.5 Å². The quantitative estimate of drug-likeness (QED) is 0.0243. The van der Waals surface area contributed by atoms with Crippen LogP contribution in [0.2, 0.25) is 0 Å². The number of rotatable bonds is 49. The first-order chi connectivity index (χ1) is 57.4. The number of fused-ring (bicyclic) bond motifs is 2. The molecule has 0 saturated carbocycles. The molecular weight excluding hydrogens is 1590 g/mol. The number of aliphatic hydroxyl groups is 2. The monoisotopic (exact) mass is 1690 g/mol. The average Bonchev–Trinajstić information content (AvgIpc) is 1.65. The zero-order valence-electron chi connectivity index (χ0n) is 67.0. The van der Waals surface area contributed by atoms with Crippen LogP contribution in [0.25, 0.3) is 21.9 Å². The fraction of sp³-hybridized carbons (Fsp3) is 0.410. The van der Waals surface area contributed by atoms with Crippen molar-refractivity contribution in [2.24, 2.45) is 11.5 Å². The molecule has 4 heterocycles. The third-order valence-corrected chi connectivity index (χ3v) is 21.8. The van der Waals surface area contributed by atoms with E-state index in [4.69, 9.17) is 11.5 Å². The third kappa shape index (κ3) is 28.7. The van der Waals surface area contributed by atoms with Gasteiger partial charge in [-0.05, 0) is 109 Å². The predicted octanol–water partition coefficient (Wildman–Crippen LogP) is 2.24. The van der Waals surface area contributed by atoms with Gasteiger partial charge < -0.3 is 105 Å². The normalized spacial score (nSPS) is 14.6. The van der Waals surface area contributed by atoms with E-state index in [1.165, 1.54) is 86.3 Å². The van der Waals surface area contributed by atoms with Gasteiger partial charge in [-0.15, -0.1) is 0 Å². The molecule has 0 radical (unpaired) electrons. The van der Waals surface area contributed by atoms with E-state index in [9.17, 15) is 87.9 Å². The maximum absolute atomic E-state index is 14.7. The molecule has 0 saturated heterocycles. The molecule has 0 spiro atoms. The Bertz CT molecular complexity index is 4830. The molecule has 0 aliphatic rings. The second-order valence-corrected chi connectivity index (χ2v) is 31.5. The molecule has 0 bridgehead atoms. The molecule has 120 heavy (non-hydrogen) atoms. The van der Waals surface area contributed by atoms with E-state index in [-0.39, 0.29) is 75.0 Å². The maximum Gasteiger partial charge on any atom is 0.303 e. The molecule has 642 valence electrons. The van der Waals surface area contributed by atoms with Gasteiger partial charge in [0.25, 0.3) is 0 Å². The van der Waals surface area contributed by atoms with Gasteiger partial charge in [0.1, 0.15) is 77.6 Å². The maximum atomic E-state index is 14.7. The van der Waals surface area contributed by atoms with Crippen LogP contribution in [0.5, 0.6) is 11.5 Å². The molecule has 0 aliphatic carbocycles. The highest BCUT2D eigenvalue weighted by Gasteiger charge is 2.38. The molecule has 8 rings (SSSR count). The number of nitrogens with one attached hydrogen (secondary N) is 13. The van der Waals surface area contributed by atoms with Crippen molar-refractivity contribution in [3.63, 3.8) is 0 Å². The number of hydrogen-bond donors (Lipinski definition) is 20. The van der Waals surface area contributed by atoms with E-state index in [0.717, 1.165) is 22.0 Å². The Kier molecular flexibility index (Phi) is 35.8. The number of aliphatic carboxylic acids is 1. The van der Waals surface area contributed by atoms with Crippen molar-refractivity contribution < 1.29 is 87.9 Å². The number of carboxylic acids is 1. The molecule has 35 nitrogen and oxygen atoms in total. The number of nitrogens with zero attached hydrogens (tertiary/aromatic N) is 2. The Labute approximate surface area is 700 Å². The van der Waals surface area contributed by atoms with Gasteiger partial charge in [0.15, 0.2) is 0 Å². The Hall–Kier alpha value is -12.4. The molecule has 4 aromatic carbocycles. The van der Waals surface area contributed by atoms with Gasteiger partial charge in [0.2, 0.25) is 70.9 Å². The summed E-state index contributed by atoms with van der Waals surface area (Å²) in [4.78, 5) is 197. The van der Waals surface area contributed by atoms with Gasteiger partial charge in [-0.1, -0.05) is 100 Å². The number of primary amides is 2. The summed E-state index contributed by atoms with van der Waals surface area (Å²) in [7, 11) is 0. The van der Waals surface area contributed by atoms with Crippen molar-refractivity contribution in [1.82, 2.24) is 78.1 Å². The van der Waals surface area contributed by atoms with E-state index in [0.29, 0.717) is 62.7 Å². The summed E-state index contributed by atoms with van der Waals surface area (Å²) in [5.41, 5.74) is 17.3. The predicted molar refractivity (Wildman–Crippen MR) is 448 cm³/mol. The fourth-order valence-corrected chi connectivity index (χ4v) is 15.2. The van der Waals surface area contributed by atoms with Crippen molar-refractivity contribution in [2.45, 2.75) is 202 Å². The van der Waals surface area contributed by atoms with Crippen molar-refractivity contribution in [3.05, 3.63) is 179 Å². The number of nitrogens with two attached hydrogens (primary N) is 2. The zero-order valence-corrected chi connectivity index (χ0v) is 68.6. The highest BCUT2D eigenvalue weighted by molar-refractivity contribution is 7.98. The number of phenols is 2. The van der Waals surface area contributed by atoms with Gasteiger partial charge in [-0.2, -0.15) is 23.5 Å². The standard InChI is InChI=1S/C83H105N17O18S2/c1-6-12-60(92-81(116)66(91-69(106)32-45(3)101)36-52-38-89-75-56(52)17-11-30-87-75)76(111)94-62(27-28-70(107)108)77(112)96-64(34-48-19-23-54(103)24-20-48)79(114)93-61(13-7-2)78(113)100-72(47(5)102)83(118)98-67(74(85)110)43-120-42-51-15-10-14-50(33-51)41-119-31-29-68(105)99-71(46(4)58-40-88-59-18-9-8-16-57(58)59)82(117)97-65(35-49-21-25-55(104)26-22-49)80(115)95-63(73(84)109)37-53-39-86-44-90-53/h8-11,14-26,30,33,38-40,44-47,60-67,71-72,88,101-104H,6-7,12-13,27-29,31-32,34-37,41-43H2,1-5H3,(H2,84,109)(H2,85,110)(H,86,90)(H,87,89)(H,91,106)(H,92,116)(H,93,114)(H,94,111)(H,95,115)(H,96,112)(H,97,117)(H,98,118)(H,99,105)(H,100,113)(H,107,108)/t45-,46+,47-,60+,61+,62+,63+,64+,65+,66+,67+,71+,72+/m1/s1. The van der Waals surface area contributed by atoms with Gasteiger partial charge in [0, 0.05) is 114 Å². The van der Waals surface area contributed by atoms with E-state index in [1.807, 2.05) is 48.5 Å². The summed E-state index contributed by atoms with van der Waals surface area (Å²) < 4.78 is 0. The molecule has 0 unspecified atom stereocenters. The number of imidazole rings is 1. The van der Waals surface area contributed by atoms with Crippen molar-refractivity contribution in [1.29, 1.82) is 0 Å². The van der Waals surface area contributed by atoms with E-state index in [1.54, 1.807) is 63.6 Å². The first kappa shape index (κ1) is 93.2. The summed E-state index contributed by atoms with van der Waals surface area (Å²) in [6.45, 7) is 7.79. The number of aromatic nitrogens is 5. The summed E-state index contributed by atoms with van der Waals surface area (Å²) in [6, 6.07) is 15.8. The van der Waals surface area contributed by atoms with E-state index < -0.39 is 168 Å². The van der Waals surface area contributed by atoms with E-state index in [2.05, 4.69) is 78.1 Å². The molecule has 22 N–H and O–H groups in total. The second kappa shape index (κ2) is 46.1. The number of thioether (sulfide) groups is 2. The number of aromatic hydroxyl groups is 2. The number of carbonyl (C=O) groups is 13. The second-order valence-electron chi connectivity index (χ2n) is 29.3. The molecule has 12 amide bonds. The summed E-state index contributed by atoms with van der Waals surface area (Å²) in [6.07, 6.45) is 3.59. The minimum Gasteiger partial charge on any atom is -0.508 e. The number of carbonyl (C=O) groups excluding carboxylic acids is 12. The highest BCUT2D eigenvalue weighted by atomic mass is 32.2. The smallest absolute Gasteiger partial charge is 0.303 e. The fourth-order valence-electron chi connectivity index (χ4n) is 13.3. The SMILES string of the molecule is CCC[C@H](NC(=O)[C@H](Cc1c[nH]c2ncccc12)NC(=O)C[C@@H](C)O)C(=O)N[C@@H](CCC(=O)O)C(=O)N[C@@H](Cc1ccc(O)cc1)C(=O)N[C@@H](CCC)C(=O)N[C@H](C(=O)N[C@@H](CSCc1cccc(CSCCC(=O)N[C@H](C(=O)N[C@@H](Cc2ccc(O)cc2)C(=O)N[C@@H](Cc2cnc[nH]2)C(N)=O)[C@@H](C)c2c[nH]c3ccccc23)c1)C(N)=O)[C@@H](C)O. The molecule has 13 atom stereocenters. The van der Waals surface area contributed by atoms with Gasteiger partial charge >= 0.3 is 5.97 Å². The number of amides is 12. The highest BCUT2D eigenvalue weighted by Crippen LogP contribution is 2.29. The number of para-hydroxylation sites is 1. The topological polar surface area (TPSA) is 569 Å². The first-order valence-corrected chi connectivity index (χ1v) is 41.6. The number of H-pyrrole nitrogens is 3. The lowest BCUT2D eigenvalue weighted by Gasteiger charge is -2.28. The van der Waals surface area contributed by atoms with Crippen LogP contribution < -0.4 is 64.6 Å². The van der Waals surface area contributed by atoms with Crippen LogP contribution in [0.1, 0.15) is 131 Å². The lowest BCUT2D eigenvalue weighted by molar-refractivity contribution is -0.139. The van der Waals surface area contributed by atoms with Crippen LogP contribution in [-0.4, -0.2) is 211 Å². The summed E-state index contributed by atoms with van der Waals surface area (Å²) >= 11 is 2.68. The number of aliphatic hydroxyl groups excluding tert-OH is 2.